The number of aryl methyl sites for hydroxylation is 1. The van der Waals surface area contributed by atoms with Crippen molar-refractivity contribution in [2.75, 3.05) is 5.32 Å². The average Bonchev–Trinajstić information content (AvgIpc) is 2.63. The average molecular weight is 257 g/mol. The van der Waals surface area contributed by atoms with Gasteiger partial charge in [0.15, 0.2) is 0 Å². The first-order chi connectivity index (χ1) is 7.65. The van der Waals surface area contributed by atoms with Crippen LogP contribution in [-0.2, 0) is 6.54 Å². The molecule has 1 N–H and O–H groups in total. The standard InChI is InChI=1S/C11H10ClFN2S/c1-7-15-9(6-16-7)5-14-11-3-2-8(12)4-10(11)13/h2-4,6,14H,5H2,1H3. The topological polar surface area (TPSA) is 24.9 Å². The molecule has 84 valence electrons. The summed E-state index contributed by atoms with van der Waals surface area (Å²) >= 11 is 7.24. The zero-order chi connectivity index (χ0) is 11.5. The zero-order valence-corrected chi connectivity index (χ0v) is 10.2. The van der Waals surface area contributed by atoms with Gasteiger partial charge in [0.25, 0.3) is 0 Å². The first-order valence-corrected chi connectivity index (χ1v) is 6.01. The Bertz CT molecular complexity index is 498. The summed E-state index contributed by atoms with van der Waals surface area (Å²) in [5.74, 6) is -0.348. The van der Waals surface area contributed by atoms with E-state index in [1.807, 2.05) is 12.3 Å². The lowest BCUT2D eigenvalue weighted by Crippen LogP contribution is -2.01. The maximum Gasteiger partial charge on any atom is 0.147 e. The molecule has 0 atom stereocenters. The summed E-state index contributed by atoms with van der Waals surface area (Å²) in [5, 5.41) is 6.34. The van der Waals surface area contributed by atoms with Gasteiger partial charge in [-0.2, -0.15) is 0 Å². The number of nitrogens with zero attached hydrogens (tertiary/aromatic N) is 1. The smallest absolute Gasteiger partial charge is 0.147 e. The molecule has 0 saturated carbocycles. The van der Waals surface area contributed by atoms with Gasteiger partial charge in [-0.3, -0.25) is 0 Å². The van der Waals surface area contributed by atoms with Crippen molar-refractivity contribution < 1.29 is 4.39 Å². The molecule has 0 radical (unpaired) electrons. The van der Waals surface area contributed by atoms with Gasteiger partial charge >= 0.3 is 0 Å². The van der Waals surface area contributed by atoms with Crippen LogP contribution < -0.4 is 5.32 Å². The molecule has 0 fully saturated rings. The Hall–Kier alpha value is -1.13. The quantitative estimate of drug-likeness (QED) is 0.902. The Morgan fingerprint density at radius 2 is 2.31 bits per heavy atom. The summed E-state index contributed by atoms with van der Waals surface area (Å²) in [6.45, 7) is 2.46. The van der Waals surface area contributed by atoms with Crippen LogP contribution in [0.1, 0.15) is 10.7 Å². The van der Waals surface area contributed by atoms with Crippen molar-refractivity contribution in [3.8, 4) is 0 Å². The molecule has 5 heteroatoms. The van der Waals surface area contributed by atoms with Crippen molar-refractivity contribution in [2.24, 2.45) is 0 Å². The van der Waals surface area contributed by atoms with Gasteiger partial charge in [-0.05, 0) is 25.1 Å². The van der Waals surface area contributed by atoms with Crippen LogP contribution in [0.25, 0.3) is 0 Å². The second-order valence-corrected chi connectivity index (χ2v) is 4.83. The molecule has 0 aliphatic rings. The number of thiazole rings is 1. The summed E-state index contributed by atoms with van der Waals surface area (Å²) in [7, 11) is 0. The molecule has 1 aromatic carbocycles. The highest BCUT2D eigenvalue weighted by molar-refractivity contribution is 7.09. The molecule has 2 rings (SSSR count). The first kappa shape index (κ1) is 11.4. The predicted octanol–water partition coefficient (Wildman–Crippen LogP) is 3.86. The van der Waals surface area contributed by atoms with Crippen LogP contribution in [0, 0.1) is 12.7 Å². The Morgan fingerprint density at radius 1 is 1.50 bits per heavy atom. The van der Waals surface area contributed by atoms with E-state index in [0.29, 0.717) is 17.3 Å². The number of aromatic nitrogens is 1. The van der Waals surface area contributed by atoms with E-state index in [1.54, 1.807) is 23.5 Å². The van der Waals surface area contributed by atoms with E-state index in [-0.39, 0.29) is 5.82 Å². The van der Waals surface area contributed by atoms with Crippen LogP contribution >= 0.6 is 22.9 Å². The Morgan fingerprint density at radius 3 is 2.94 bits per heavy atom. The maximum atomic E-state index is 13.4. The Kier molecular flexibility index (Phi) is 3.41. The molecule has 0 aliphatic heterocycles. The minimum atomic E-state index is -0.348. The minimum Gasteiger partial charge on any atom is -0.377 e. The second-order valence-electron chi connectivity index (χ2n) is 3.34. The van der Waals surface area contributed by atoms with Crippen molar-refractivity contribution in [1.82, 2.24) is 4.98 Å². The van der Waals surface area contributed by atoms with Gasteiger partial charge in [-0.25, -0.2) is 9.37 Å². The molecule has 0 amide bonds. The van der Waals surface area contributed by atoms with Crippen LogP contribution in [-0.4, -0.2) is 4.98 Å². The lowest BCUT2D eigenvalue weighted by molar-refractivity contribution is 0.630. The van der Waals surface area contributed by atoms with Gasteiger partial charge in [-0.15, -0.1) is 11.3 Å². The van der Waals surface area contributed by atoms with Crippen molar-refractivity contribution in [2.45, 2.75) is 13.5 Å². The molecule has 2 aromatic rings. The number of hydrogen-bond donors (Lipinski definition) is 1. The van der Waals surface area contributed by atoms with Crippen molar-refractivity contribution >= 4 is 28.6 Å². The first-order valence-electron chi connectivity index (χ1n) is 4.75. The van der Waals surface area contributed by atoms with Crippen molar-refractivity contribution in [3.63, 3.8) is 0 Å². The highest BCUT2D eigenvalue weighted by Crippen LogP contribution is 2.19. The third-order valence-corrected chi connectivity index (χ3v) is 3.12. The van der Waals surface area contributed by atoms with Crippen LogP contribution in [0.3, 0.4) is 0 Å². The molecule has 16 heavy (non-hydrogen) atoms. The van der Waals surface area contributed by atoms with E-state index < -0.39 is 0 Å². The summed E-state index contributed by atoms with van der Waals surface area (Å²) in [4.78, 5) is 4.28. The normalized spacial score (nSPS) is 10.4. The molecule has 0 bridgehead atoms. The summed E-state index contributed by atoms with van der Waals surface area (Å²) in [6, 6.07) is 4.56. The fourth-order valence-corrected chi connectivity index (χ4v) is 2.08. The lowest BCUT2D eigenvalue weighted by Gasteiger charge is -2.05. The monoisotopic (exact) mass is 256 g/mol. The van der Waals surface area contributed by atoms with E-state index in [9.17, 15) is 4.39 Å². The minimum absolute atomic E-state index is 0.348. The number of anilines is 1. The van der Waals surface area contributed by atoms with Gasteiger partial charge in [-0.1, -0.05) is 11.6 Å². The summed E-state index contributed by atoms with van der Waals surface area (Å²) < 4.78 is 13.4. The highest BCUT2D eigenvalue weighted by Gasteiger charge is 2.03. The van der Waals surface area contributed by atoms with Crippen LogP contribution in [0.5, 0.6) is 0 Å². The molecule has 0 aliphatic carbocycles. The SMILES string of the molecule is Cc1nc(CNc2ccc(Cl)cc2F)cs1. The molecule has 0 unspecified atom stereocenters. The Balaban J connectivity index is 2.04. The van der Waals surface area contributed by atoms with Crippen molar-refractivity contribution in [1.29, 1.82) is 0 Å². The maximum absolute atomic E-state index is 13.4. The van der Waals surface area contributed by atoms with Crippen LogP contribution in [0.4, 0.5) is 10.1 Å². The molecular formula is C11H10ClFN2S. The largest absolute Gasteiger partial charge is 0.377 e. The van der Waals surface area contributed by atoms with Gasteiger partial charge in [0.2, 0.25) is 0 Å². The highest BCUT2D eigenvalue weighted by atomic mass is 35.5. The summed E-state index contributed by atoms with van der Waals surface area (Å²) in [6.07, 6.45) is 0. The fraction of sp³-hybridized carbons (Fsp3) is 0.182. The number of nitrogens with one attached hydrogen (secondary N) is 1. The Labute approximate surface area is 102 Å². The molecule has 0 saturated heterocycles. The van der Waals surface area contributed by atoms with E-state index in [2.05, 4.69) is 10.3 Å². The van der Waals surface area contributed by atoms with E-state index in [0.717, 1.165) is 10.7 Å². The van der Waals surface area contributed by atoms with Crippen molar-refractivity contribution in [3.05, 3.63) is 45.1 Å². The number of rotatable bonds is 3. The lowest BCUT2D eigenvalue weighted by atomic mass is 10.3. The van der Waals surface area contributed by atoms with E-state index in [4.69, 9.17) is 11.6 Å². The predicted molar refractivity (Wildman–Crippen MR) is 65.6 cm³/mol. The molecular weight excluding hydrogens is 247 g/mol. The number of hydrogen-bond acceptors (Lipinski definition) is 3. The molecule has 0 spiro atoms. The summed E-state index contributed by atoms with van der Waals surface area (Å²) in [5.41, 5.74) is 1.35. The fourth-order valence-electron chi connectivity index (χ4n) is 1.31. The zero-order valence-electron chi connectivity index (χ0n) is 8.63. The van der Waals surface area contributed by atoms with Gasteiger partial charge in [0, 0.05) is 10.4 Å². The van der Waals surface area contributed by atoms with E-state index >= 15 is 0 Å². The van der Waals surface area contributed by atoms with Gasteiger partial charge in [0.05, 0.1) is 22.9 Å². The van der Waals surface area contributed by atoms with Gasteiger partial charge in [0.1, 0.15) is 5.82 Å². The number of halogens is 2. The molecule has 1 aromatic heterocycles. The molecule has 2 nitrogen and oxygen atoms in total. The second kappa shape index (κ2) is 4.80. The van der Waals surface area contributed by atoms with Crippen LogP contribution in [0.2, 0.25) is 5.02 Å². The number of benzene rings is 1. The third-order valence-electron chi connectivity index (χ3n) is 2.06. The van der Waals surface area contributed by atoms with Gasteiger partial charge < -0.3 is 5.32 Å². The molecule has 1 heterocycles. The van der Waals surface area contributed by atoms with Crippen LogP contribution in [0.15, 0.2) is 23.6 Å². The third kappa shape index (κ3) is 2.71. The van der Waals surface area contributed by atoms with E-state index in [1.165, 1.54) is 6.07 Å².